The van der Waals surface area contributed by atoms with Crippen LogP contribution in [0.5, 0.6) is 11.5 Å². The van der Waals surface area contributed by atoms with Gasteiger partial charge in [0.25, 0.3) is 0 Å². The third kappa shape index (κ3) is 3.62. The summed E-state index contributed by atoms with van der Waals surface area (Å²) < 4.78 is 11.4. The zero-order valence-electron chi connectivity index (χ0n) is 12.1. The summed E-state index contributed by atoms with van der Waals surface area (Å²) in [6.07, 6.45) is 1.73. The summed E-state index contributed by atoms with van der Waals surface area (Å²) in [5.41, 5.74) is 2.02. The molecule has 0 aliphatic rings. The number of benzene rings is 2. The molecule has 3 nitrogen and oxygen atoms in total. The van der Waals surface area contributed by atoms with E-state index in [9.17, 15) is 5.26 Å². The summed E-state index contributed by atoms with van der Waals surface area (Å²) in [4.78, 5) is 0. The molecule has 0 aromatic heterocycles. The Kier molecular flexibility index (Phi) is 5.48. The van der Waals surface area contributed by atoms with Gasteiger partial charge < -0.3 is 9.47 Å². The molecule has 2 aromatic carbocycles. The lowest BCUT2D eigenvalue weighted by Crippen LogP contribution is -1.92. The second-order valence-corrected chi connectivity index (χ2v) is 5.73. The minimum atomic E-state index is 0.488. The van der Waals surface area contributed by atoms with E-state index in [0.29, 0.717) is 27.7 Å². The van der Waals surface area contributed by atoms with Gasteiger partial charge in [0.05, 0.1) is 30.9 Å². The molecule has 0 fully saturated rings. The molecule has 0 saturated heterocycles. The Morgan fingerprint density at radius 1 is 1.14 bits per heavy atom. The lowest BCUT2D eigenvalue weighted by molar-refractivity contribution is 0.355. The number of nitrogens with zero attached hydrogens (tertiary/aromatic N) is 1. The van der Waals surface area contributed by atoms with E-state index < -0.39 is 0 Å². The number of methoxy groups -OCH3 is 2. The SMILES string of the molecule is COc1cc(Cl)c(/C=C(/C#N)c2ccc(Br)cc2)cc1OC. The van der Waals surface area contributed by atoms with E-state index in [1.54, 1.807) is 32.4 Å². The quantitative estimate of drug-likeness (QED) is 0.543. The van der Waals surface area contributed by atoms with Gasteiger partial charge in [0, 0.05) is 10.5 Å². The van der Waals surface area contributed by atoms with Crippen LogP contribution >= 0.6 is 27.5 Å². The summed E-state index contributed by atoms with van der Waals surface area (Å²) in [5.74, 6) is 1.11. The van der Waals surface area contributed by atoms with Gasteiger partial charge in [-0.05, 0) is 35.4 Å². The topological polar surface area (TPSA) is 42.2 Å². The van der Waals surface area contributed by atoms with Gasteiger partial charge in [-0.25, -0.2) is 0 Å². The highest BCUT2D eigenvalue weighted by atomic mass is 79.9. The Morgan fingerprint density at radius 2 is 1.73 bits per heavy atom. The predicted octanol–water partition coefficient (Wildman–Crippen LogP) is 5.18. The van der Waals surface area contributed by atoms with Crippen LogP contribution in [0, 0.1) is 11.3 Å². The third-order valence-electron chi connectivity index (χ3n) is 3.08. The number of halogens is 2. The highest BCUT2D eigenvalue weighted by Crippen LogP contribution is 2.35. The Balaban J connectivity index is 2.50. The number of ether oxygens (including phenoxy) is 2. The maximum atomic E-state index is 9.40. The molecule has 0 N–H and O–H groups in total. The van der Waals surface area contributed by atoms with E-state index in [1.807, 2.05) is 24.3 Å². The van der Waals surface area contributed by atoms with Gasteiger partial charge in [-0.15, -0.1) is 0 Å². The van der Waals surface area contributed by atoms with Crippen LogP contribution in [0.2, 0.25) is 5.02 Å². The van der Waals surface area contributed by atoms with E-state index >= 15 is 0 Å². The number of allylic oxidation sites excluding steroid dienone is 1. The zero-order valence-corrected chi connectivity index (χ0v) is 14.4. The minimum Gasteiger partial charge on any atom is -0.493 e. The van der Waals surface area contributed by atoms with Crippen molar-refractivity contribution in [3.63, 3.8) is 0 Å². The highest BCUT2D eigenvalue weighted by molar-refractivity contribution is 9.10. The van der Waals surface area contributed by atoms with Gasteiger partial charge in [0.15, 0.2) is 11.5 Å². The fraction of sp³-hybridized carbons (Fsp3) is 0.118. The van der Waals surface area contributed by atoms with Crippen LogP contribution in [0.3, 0.4) is 0 Å². The first-order valence-corrected chi connectivity index (χ1v) is 7.55. The van der Waals surface area contributed by atoms with Crippen LogP contribution in [0.4, 0.5) is 0 Å². The van der Waals surface area contributed by atoms with E-state index in [1.165, 1.54) is 0 Å². The van der Waals surface area contributed by atoms with Crippen molar-refractivity contribution in [2.75, 3.05) is 14.2 Å². The second-order valence-electron chi connectivity index (χ2n) is 4.41. The third-order valence-corrected chi connectivity index (χ3v) is 3.93. The Morgan fingerprint density at radius 3 is 2.27 bits per heavy atom. The first-order valence-electron chi connectivity index (χ1n) is 6.38. The molecule has 5 heteroatoms. The van der Waals surface area contributed by atoms with E-state index in [-0.39, 0.29) is 0 Å². The van der Waals surface area contributed by atoms with Crippen LogP contribution < -0.4 is 9.47 Å². The molecule has 0 unspecified atom stereocenters. The van der Waals surface area contributed by atoms with Gasteiger partial charge in [-0.2, -0.15) is 5.26 Å². The molecular formula is C17H13BrClNO2. The average molecular weight is 379 g/mol. The summed E-state index contributed by atoms with van der Waals surface area (Å²) >= 11 is 9.63. The molecular weight excluding hydrogens is 366 g/mol. The molecule has 0 spiro atoms. The van der Waals surface area contributed by atoms with Crippen molar-refractivity contribution in [1.29, 1.82) is 5.26 Å². The van der Waals surface area contributed by atoms with Crippen molar-refractivity contribution in [3.8, 4) is 17.6 Å². The molecule has 22 heavy (non-hydrogen) atoms. The molecule has 2 rings (SSSR count). The maximum Gasteiger partial charge on any atom is 0.162 e. The highest BCUT2D eigenvalue weighted by Gasteiger charge is 2.10. The first kappa shape index (κ1) is 16.4. The van der Waals surface area contributed by atoms with Crippen LogP contribution in [-0.2, 0) is 0 Å². The normalized spacial score (nSPS) is 11.0. The standard InChI is InChI=1S/C17H13BrClNO2/c1-21-16-8-12(15(19)9-17(16)22-2)7-13(10-20)11-3-5-14(18)6-4-11/h3-9H,1-2H3/b13-7-. The van der Waals surface area contributed by atoms with Crippen molar-refractivity contribution in [1.82, 2.24) is 0 Å². The van der Waals surface area contributed by atoms with Gasteiger partial charge >= 0.3 is 0 Å². The Hall–Kier alpha value is -1.96. The molecule has 0 aliphatic heterocycles. The fourth-order valence-electron chi connectivity index (χ4n) is 1.95. The van der Waals surface area contributed by atoms with Crippen LogP contribution in [-0.4, -0.2) is 14.2 Å². The summed E-state index contributed by atoms with van der Waals surface area (Å²) in [7, 11) is 3.10. The average Bonchev–Trinajstić information content (AvgIpc) is 2.54. The Bertz CT molecular complexity index is 748. The lowest BCUT2D eigenvalue weighted by Gasteiger charge is -2.10. The van der Waals surface area contributed by atoms with Gasteiger partial charge in [0.2, 0.25) is 0 Å². The largest absolute Gasteiger partial charge is 0.493 e. The number of rotatable bonds is 4. The first-order chi connectivity index (χ1) is 10.6. The smallest absolute Gasteiger partial charge is 0.162 e. The van der Waals surface area contributed by atoms with Crippen LogP contribution in [0.15, 0.2) is 40.9 Å². The molecule has 0 bridgehead atoms. The fourth-order valence-corrected chi connectivity index (χ4v) is 2.42. The molecule has 0 heterocycles. The van der Waals surface area contributed by atoms with Crippen molar-refractivity contribution < 1.29 is 9.47 Å². The van der Waals surface area contributed by atoms with Crippen LogP contribution in [0.1, 0.15) is 11.1 Å². The van der Waals surface area contributed by atoms with Gasteiger partial charge in [-0.1, -0.05) is 39.7 Å². The maximum absolute atomic E-state index is 9.40. The predicted molar refractivity (Wildman–Crippen MR) is 92.2 cm³/mol. The summed E-state index contributed by atoms with van der Waals surface area (Å²) in [5, 5.41) is 9.89. The van der Waals surface area contributed by atoms with Crippen molar-refractivity contribution >= 4 is 39.2 Å². The molecule has 0 saturated carbocycles. The van der Waals surface area contributed by atoms with Crippen molar-refractivity contribution in [2.45, 2.75) is 0 Å². The summed E-state index contributed by atoms with van der Waals surface area (Å²) in [6, 6.07) is 13.1. The molecule has 0 amide bonds. The zero-order chi connectivity index (χ0) is 16.1. The second kappa shape index (κ2) is 7.35. The van der Waals surface area contributed by atoms with E-state index in [2.05, 4.69) is 22.0 Å². The van der Waals surface area contributed by atoms with Gasteiger partial charge in [-0.3, -0.25) is 0 Å². The number of nitriles is 1. The van der Waals surface area contributed by atoms with Crippen LogP contribution in [0.25, 0.3) is 11.6 Å². The lowest BCUT2D eigenvalue weighted by atomic mass is 10.0. The van der Waals surface area contributed by atoms with E-state index in [0.717, 1.165) is 10.0 Å². The monoisotopic (exact) mass is 377 g/mol. The number of hydrogen-bond donors (Lipinski definition) is 0. The van der Waals surface area contributed by atoms with Crippen molar-refractivity contribution in [2.24, 2.45) is 0 Å². The molecule has 112 valence electrons. The van der Waals surface area contributed by atoms with Gasteiger partial charge in [0.1, 0.15) is 0 Å². The molecule has 0 radical (unpaired) electrons. The molecule has 2 aromatic rings. The molecule has 0 aliphatic carbocycles. The minimum absolute atomic E-state index is 0.488. The van der Waals surface area contributed by atoms with Crippen molar-refractivity contribution in [3.05, 3.63) is 57.0 Å². The number of hydrogen-bond acceptors (Lipinski definition) is 3. The Labute approximate surface area is 142 Å². The summed E-state index contributed by atoms with van der Waals surface area (Å²) in [6.45, 7) is 0. The molecule has 0 atom stereocenters. The van der Waals surface area contributed by atoms with E-state index in [4.69, 9.17) is 21.1 Å².